The molecule has 108 valence electrons. The van der Waals surface area contributed by atoms with Gasteiger partial charge in [-0.25, -0.2) is 0 Å². The quantitative estimate of drug-likeness (QED) is 0.749. The third kappa shape index (κ3) is 2.80. The molecule has 0 radical (unpaired) electrons. The molecule has 5 nitrogen and oxygen atoms in total. The highest BCUT2D eigenvalue weighted by molar-refractivity contribution is 7.99. The Morgan fingerprint density at radius 2 is 1.77 bits per heavy atom. The van der Waals surface area contributed by atoms with Gasteiger partial charge >= 0.3 is 0 Å². The van der Waals surface area contributed by atoms with Crippen molar-refractivity contribution in [2.45, 2.75) is 5.16 Å². The van der Waals surface area contributed by atoms with E-state index < -0.39 is 0 Å². The lowest BCUT2D eigenvalue weighted by Gasteiger charge is -2.09. The van der Waals surface area contributed by atoms with Crippen molar-refractivity contribution in [3.63, 3.8) is 0 Å². The van der Waals surface area contributed by atoms with Gasteiger partial charge in [0.05, 0.1) is 11.8 Å². The summed E-state index contributed by atoms with van der Waals surface area (Å²) in [7, 11) is 0. The lowest BCUT2D eigenvalue weighted by Crippen LogP contribution is -1.99. The highest BCUT2D eigenvalue weighted by Crippen LogP contribution is 2.28. The summed E-state index contributed by atoms with van der Waals surface area (Å²) in [5.41, 5.74) is 1.77. The Kier molecular flexibility index (Phi) is 4.08. The maximum Gasteiger partial charge on any atom is 0.197 e. The van der Waals surface area contributed by atoms with Gasteiger partial charge in [-0.1, -0.05) is 30.0 Å². The second kappa shape index (κ2) is 6.33. The molecule has 1 N–H and O–H groups in total. The van der Waals surface area contributed by atoms with Gasteiger partial charge in [0.25, 0.3) is 0 Å². The lowest BCUT2D eigenvalue weighted by atomic mass is 10.2. The Labute approximate surface area is 131 Å². The van der Waals surface area contributed by atoms with Crippen molar-refractivity contribution < 1.29 is 5.11 Å². The molecule has 0 spiro atoms. The minimum atomic E-state index is 0.202. The van der Waals surface area contributed by atoms with Crippen LogP contribution in [0.3, 0.4) is 0 Å². The molecule has 0 atom stereocenters. The van der Waals surface area contributed by atoms with E-state index in [4.69, 9.17) is 5.26 Å². The molecule has 0 amide bonds. The van der Waals surface area contributed by atoms with E-state index >= 15 is 0 Å². The van der Waals surface area contributed by atoms with Crippen LogP contribution < -0.4 is 0 Å². The number of para-hydroxylation sites is 1. The van der Waals surface area contributed by atoms with Crippen LogP contribution in [0, 0.1) is 11.3 Å². The normalized spacial score (nSPS) is 10.3. The van der Waals surface area contributed by atoms with Crippen LogP contribution in [0.2, 0.25) is 0 Å². The van der Waals surface area contributed by atoms with Gasteiger partial charge in [0.1, 0.15) is 5.75 Å². The van der Waals surface area contributed by atoms with E-state index in [1.807, 2.05) is 34.9 Å². The van der Waals surface area contributed by atoms with Gasteiger partial charge in [0, 0.05) is 11.3 Å². The smallest absolute Gasteiger partial charge is 0.197 e. The minimum Gasteiger partial charge on any atom is -0.508 e. The summed E-state index contributed by atoms with van der Waals surface area (Å²) in [6, 6.07) is 18.6. The zero-order valence-corrected chi connectivity index (χ0v) is 12.4. The molecule has 6 heteroatoms. The van der Waals surface area contributed by atoms with Crippen LogP contribution in [-0.2, 0) is 0 Å². The van der Waals surface area contributed by atoms with Crippen LogP contribution in [0.5, 0.6) is 5.75 Å². The molecule has 0 fully saturated rings. The predicted molar refractivity (Wildman–Crippen MR) is 84.8 cm³/mol. The van der Waals surface area contributed by atoms with Gasteiger partial charge in [-0.15, -0.1) is 10.2 Å². The zero-order chi connectivity index (χ0) is 15.4. The van der Waals surface area contributed by atoms with E-state index in [0.29, 0.717) is 16.7 Å². The van der Waals surface area contributed by atoms with E-state index in [0.717, 1.165) is 11.3 Å². The fourth-order valence-corrected chi connectivity index (χ4v) is 2.68. The van der Waals surface area contributed by atoms with E-state index in [2.05, 4.69) is 16.3 Å². The first-order valence-corrected chi connectivity index (χ1v) is 7.58. The van der Waals surface area contributed by atoms with Crippen LogP contribution in [0.15, 0.2) is 59.8 Å². The Bertz CT molecular complexity index is 806. The SMILES string of the molecule is N#CCSc1nnc(-c2ccc(O)cc2)n1-c1ccccc1. The molecule has 0 aliphatic carbocycles. The maximum absolute atomic E-state index is 9.43. The number of aromatic nitrogens is 3. The molecule has 0 bridgehead atoms. The number of nitrogens with zero attached hydrogens (tertiary/aromatic N) is 4. The van der Waals surface area contributed by atoms with Gasteiger partial charge in [-0.05, 0) is 36.4 Å². The number of phenolic OH excluding ortho intramolecular Hbond substituents is 1. The van der Waals surface area contributed by atoms with Gasteiger partial charge in [-0.2, -0.15) is 5.26 Å². The molecule has 0 saturated carbocycles. The van der Waals surface area contributed by atoms with Crippen molar-refractivity contribution in [2.24, 2.45) is 0 Å². The number of aromatic hydroxyl groups is 1. The summed E-state index contributed by atoms with van der Waals surface area (Å²) >= 11 is 1.34. The average molecular weight is 308 g/mol. The first-order chi connectivity index (χ1) is 10.8. The van der Waals surface area contributed by atoms with Crippen LogP contribution in [-0.4, -0.2) is 25.6 Å². The number of rotatable bonds is 4. The fraction of sp³-hybridized carbons (Fsp3) is 0.0625. The first kappa shape index (κ1) is 14.2. The van der Waals surface area contributed by atoms with Crippen molar-refractivity contribution in [1.29, 1.82) is 5.26 Å². The van der Waals surface area contributed by atoms with Crippen molar-refractivity contribution in [3.8, 4) is 28.9 Å². The van der Waals surface area contributed by atoms with Crippen molar-refractivity contribution in [3.05, 3.63) is 54.6 Å². The molecule has 1 heterocycles. The molecule has 22 heavy (non-hydrogen) atoms. The molecule has 2 aromatic carbocycles. The largest absolute Gasteiger partial charge is 0.508 e. The number of hydrogen-bond acceptors (Lipinski definition) is 5. The summed E-state index contributed by atoms with van der Waals surface area (Å²) in [6.07, 6.45) is 0. The Balaban J connectivity index is 2.12. The molecule has 1 aromatic heterocycles. The van der Waals surface area contributed by atoms with Crippen molar-refractivity contribution in [2.75, 3.05) is 5.75 Å². The van der Waals surface area contributed by atoms with Crippen LogP contribution in [0.1, 0.15) is 0 Å². The number of nitriles is 1. The van der Waals surface area contributed by atoms with Gasteiger partial charge < -0.3 is 5.11 Å². The first-order valence-electron chi connectivity index (χ1n) is 6.59. The molecule has 0 aliphatic heterocycles. The Morgan fingerprint density at radius 1 is 1.05 bits per heavy atom. The summed E-state index contributed by atoms with van der Waals surface area (Å²) in [6.45, 7) is 0. The summed E-state index contributed by atoms with van der Waals surface area (Å²) in [4.78, 5) is 0. The highest BCUT2D eigenvalue weighted by atomic mass is 32.2. The molecule has 3 aromatic rings. The van der Waals surface area contributed by atoms with E-state index in [1.54, 1.807) is 24.3 Å². The monoisotopic (exact) mass is 308 g/mol. The molecule has 3 rings (SSSR count). The minimum absolute atomic E-state index is 0.202. The van der Waals surface area contributed by atoms with Gasteiger partial charge in [0.2, 0.25) is 0 Å². The molecular weight excluding hydrogens is 296 g/mol. The average Bonchev–Trinajstić information content (AvgIpc) is 2.98. The summed E-state index contributed by atoms with van der Waals surface area (Å²) in [5.74, 6) is 1.18. The van der Waals surface area contributed by atoms with E-state index in [-0.39, 0.29) is 5.75 Å². The van der Waals surface area contributed by atoms with Gasteiger partial charge in [0.15, 0.2) is 11.0 Å². The standard InChI is InChI=1S/C16H12N4OS/c17-10-11-22-16-19-18-15(12-6-8-14(21)9-7-12)20(16)13-4-2-1-3-5-13/h1-9,21H,11H2. The summed E-state index contributed by atoms with van der Waals surface area (Å²) in [5, 5.41) is 27.3. The maximum atomic E-state index is 9.43. The van der Waals surface area contributed by atoms with Crippen LogP contribution in [0.4, 0.5) is 0 Å². The lowest BCUT2D eigenvalue weighted by molar-refractivity contribution is 0.475. The second-order valence-corrected chi connectivity index (χ2v) is 5.41. The topological polar surface area (TPSA) is 74.7 Å². The number of phenols is 1. The highest BCUT2D eigenvalue weighted by Gasteiger charge is 2.15. The predicted octanol–water partition coefficient (Wildman–Crippen LogP) is 3.26. The summed E-state index contributed by atoms with van der Waals surface area (Å²) < 4.78 is 1.91. The molecule has 0 aliphatic rings. The molecule has 0 unspecified atom stereocenters. The van der Waals surface area contributed by atoms with E-state index in [9.17, 15) is 5.11 Å². The van der Waals surface area contributed by atoms with Crippen LogP contribution in [0.25, 0.3) is 17.1 Å². The van der Waals surface area contributed by atoms with Gasteiger partial charge in [-0.3, -0.25) is 4.57 Å². The third-order valence-electron chi connectivity index (χ3n) is 3.04. The number of thioether (sulfide) groups is 1. The second-order valence-electron chi connectivity index (χ2n) is 4.47. The number of hydrogen-bond donors (Lipinski definition) is 1. The van der Waals surface area contributed by atoms with Crippen molar-refractivity contribution in [1.82, 2.24) is 14.8 Å². The molecular formula is C16H12N4OS. The van der Waals surface area contributed by atoms with E-state index in [1.165, 1.54) is 11.8 Å². The fourth-order valence-electron chi connectivity index (χ4n) is 2.07. The zero-order valence-electron chi connectivity index (χ0n) is 11.5. The third-order valence-corrected chi connectivity index (χ3v) is 3.83. The van der Waals surface area contributed by atoms with Crippen molar-refractivity contribution >= 4 is 11.8 Å². The number of benzene rings is 2. The Hall–Kier alpha value is -2.78. The Morgan fingerprint density at radius 3 is 2.45 bits per heavy atom. The molecule has 0 saturated heterocycles. The van der Waals surface area contributed by atoms with Crippen LogP contribution >= 0.6 is 11.8 Å².